The topological polar surface area (TPSA) is 61.8 Å². The molecule has 1 atom stereocenters. The summed E-state index contributed by atoms with van der Waals surface area (Å²) in [6, 6.07) is 0. The first-order valence-electron chi connectivity index (χ1n) is 7.11. The van der Waals surface area contributed by atoms with Crippen molar-refractivity contribution >= 4 is 13.6 Å². The van der Waals surface area contributed by atoms with Crippen LogP contribution in [0.4, 0.5) is 0 Å². The molecule has 0 N–H and O–H groups in total. The molecule has 0 saturated carbocycles. The number of carbonyl (C=O) groups is 1. The van der Waals surface area contributed by atoms with Crippen molar-refractivity contribution in [1.29, 1.82) is 0 Å². The number of hydrogen-bond donors (Lipinski definition) is 0. The summed E-state index contributed by atoms with van der Waals surface area (Å²) in [5.74, 6) is -0.510. The van der Waals surface area contributed by atoms with E-state index in [0.29, 0.717) is 19.8 Å². The van der Waals surface area contributed by atoms with E-state index >= 15 is 0 Å². The molecule has 0 spiro atoms. The molecule has 0 heterocycles. The molecular formula is C13H27O5P. The van der Waals surface area contributed by atoms with Crippen LogP contribution in [0.2, 0.25) is 0 Å². The van der Waals surface area contributed by atoms with Crippen molar-refractivity contribution < 1.29 is 23.1 Å². The lowest BCUT2D eigenvalue weighted by atomic mass is 10.4. The molecule has 0 aromatic heterocycles. The summed E-state index contributed by atoms with van der Waals surface area (Å²) in [5, 5.41) is 0. The molecule has 0 aromatic carbocycles. The fourth-order valence-electron chi connectivity index (χ4n) is 1.24. The van der Waals surface area contributed by atoms with E-state index in [0.717, 1.165) is 32.1 Å². The molecule has 0 radical (unpaired) electrons. The van der Waals surface area contributed by atoms with Gasteiger partial charge in [0.1, 0.15) is 6.16 Å². The average Bonchev–Trinajstić information content (AvgIpc) is 2.37. The molecule has 5 nitrogen and oxygen atoms in total. The van der Waals surface area contributed by atoms with E-state index in [1.165, 1.54) is 0 Å². The van der Waals surface area contributed by atoms with Crippen LogP contribution in [0.3, 0.4) is 0 Å². The zero-order valence-corrected chi connectivity index (χ0v) is 13.2. The summed E-state index contributed by atoms with van der Waals surface area (Å²) in [5.41, 5.74) is 0. The minimum atomic E-state index is -3.34. The van der Waals surface area contributed by atoms with Crippen molar-refractivity contribution in [2.75, 3.05) is 26.0 Å². The van der Waals surface area contributed by atoms with Gasteiger partial charge in [0.15, 0.2) is 0 Å². The van der Waals surface area contributed by atoms with Crippen LogP contribution in [0, 0.1) is 0 Å². The van der Waals surface area contributed by atoms with E-state index in [1.54, 1.807) is 0 Å². The molecule has 6 heteroatoms. The standard InChI is InChI=1S/C13H27O5P/c1-4-7-10-16-13(14)12-19(15,17-9-6-3)18-11-8-5-2/h4-12H2,1-3H3. The molecule has 0 bridgehead atoms. The summed E-state index contributed by atoms with van der Waals surface area (Å²) in [4.78, 5) is 11.6. The van der Waals surface area contributed by atoms with Gasteiger partial charge in [-0.3, -0.25) is 9.36 Å². The molecule has 0 saturated heterocycles. The molecule has 19 heavy (non-hydrogen) atoms. The Morgan fingerprint density at radius 2 is 1.47 bits per heavy atom. The molecule has 0 rings (SSSR count). The number of unbranched alkanes of at least 4 members (excludes halogenated alkanes) is 2. The summed E-state index contributed by atoms with van der Waals surface area (Å²) < 4.78 is 27.9. The number of esters is 1. The molecule has 0 aliphatic heterocycles. The lowest BCUT2D eigenvalue weighted by Crippen LogP contribution is -2.14. The van der Waals surface area contributed by atoms with Crippen LogP contribution in [0.15, 0.2) is 0 Å². The van der Waals surface area contributed by atoms with Crippen molar-refractivity contribution in [3.63, 3.8) is 0 Å². The second kappa shape index (κ2) is 11.4. The van der Waals surface area contributed by atoms with Gasteiger partial charge >= 0.3 is 13.6 Å². The van der Waals surface area contributed by atoms with E-state index in [4.69, 9.17) is 13.8 Å². The quantitative estimate of drug-likeness (QED) is 0.311. The van der Waals surface area contributed by atoms with Gasteiger partial charge in [0.25, 0.3) is 0 Å². The van der Waals surface area contributed by atoms with Gasteiger partial charge in [0.05, 0.1) is 19.8 Å². The monoisotopic (exact) mass is 294 g/mol. The fourth-order valence-corrected chi connectivity index (χ4v) is 2.77. The van der Waals surface area contributed by atoms with Crippen LogP contribution in [0.5, 0.6) is 0 Å². The lowest BCUT2D eigenvalue weighted by molar-refractivity contribution is -0.140. The minimum Gasteiger partial charge on any atom is -0.465 e. The van der Waals surface area contributed by atoms with E-state index in [1.807, 2.05) is 20.8 Å². The zero-order valence-electron chi connectivity index (χ0n) is 12.4. The van der Waals surface area contributed by atoms with Crippen molar-refractivity contribution in [2.45, 2.75) is 52.9 Å². The molecule has 114 valence electrons. The Labute approximate surface area is 116 Å². The first-order valence-corrected chi connectivity index (χ1v) is 8.84. The van der Waals surface area contributed by atoms with Crippen molar-refractivity contribution in [2.24, 2.45) is 0 Å². The van der Waals surface area contributed by atoms with E-state index < -0.39 is 13.6 Å². The second-order valence-electron chi connectivity index (χ2n) is 4.36. The molecule has 0 aromatic rings. The summed E-state index contributed by atoms with van der Waals surface area (Å²) in [6.45, 7) is 6.97. The Balaban J connectivity index is 4.23. The number of ether oxygens (including phenoxy) is 1. The highest BCUT2D eigenvalue weighted by Gasteiger charge is 2.29. The van der Waals surface area contributed by atoms with Crippen LogP contribution >= 0.6 is 7.60 Å². The maximum absolute atomic E-state index is 12.3. The lowest BCUT2D eigenvalue weighted by Gasteiger charge is -2.17. The molecular weight excluding hydrogens is 267 g/mol. The van der Waals surface area contributed by atoms with Gasteiger partial charge in [-0.15, -0.1) is 0 Å². The van der Waals surface area contributed by atoms with Gasteiger partial charge in [-0.2, -0.15) is 0 Å². The first-order chi connectivity index (χ1) is 9.08. The van der Waals surface area contributed by atoms with Crippen LogP contribution in [-0.2, 0) is 23.1 Å². The van der Waals surface area contributed by atoms with Crippen LogP contribution < -0.4 is 0 Å². The van der Waals surface area contributed by atoms with Gasteiger partial charge in [0, 0.05) is 0 Å². The van der Waals surface area contributed by atoms with E-state index in [9.17, 15) is 9.36 Å². The third-order valence-corrected chi connectivity index (χ3v) is 4.16. The number of rotatable bonds is 12. The molecule has 1 unspecified atom stereocenters. The normalized spacial score (nSPS) is 14.1. The Morgan fingerprint density at radius 1 is 0.895 bits per heavy atom. The van der Waals surface area contributed by atoms with Crippen molar-refractivity contribution in [3.8, 4) is 0 Å². The highest BCUT2D eigenvalue weighted by Crippen LogP contribution is 2.48. The minimum absolute atomic E-state index is 0.291. The van der Waals surface area contributed by atoms with Gasteiger partial charge in [-0.05, 0) is 19.3 Å². The Morgan fingerprint density at radius 3 is 2.05 bits per heavy atom. The molecule has 0 aliphatic rings. The predicted molar refractivity (Wildman–Crippen MR) is 75.4 cm³/mol. The third-order valence-electron chi connectivity index (χ3n) is 2.36. The number of carbonyl (C=O) groups excluding carboxylic acids is 1. The van der Waals surface area contributed by atoms with Gasteiger partial charge in [-0.25, -0.2) is 0 Å². The molecule has 0 fully saturated rings. The molecule has 0 amide bonds. The highest BCUT2D eigenvalue weighted by molar-refractivity contribution is 7.54. The van der Waals surface area contributed by atoms with Crippen molar-refractivity contribution in [3.05, 3.63) is 0 Å². The Bertz CT molecular complexity index is 280. The SMILES string of the molecule is CCCCOC(=O)CP(=O)(OCCC)OCCCC. The summed E-state index contributed by atoms with van der Waals surface area (Å²) in [7, 11) is -3.34. The maximum Gasteiger partial charge on any atom is 0.341 e. The van der Waals surface area contributed by atoms with Gasteiger partial charge in [0.2, 0.25) is 0 Å². The largest absolute Gasteiger partial charge is 0.465 e. The second-order valence-corrected chi connectivity index (χ2v) is 6.42. The van der Waals surface area contributed by atoms with Gasteiger partial charge < -0.3 is 13.8 Å². The average molecular weight is 294 g/mol. The summed E-state index contributed by atoms with van der Waals surface area (Å²) in [6.07, 6.45) is 3.93. The maximum atomic E-state index is 12.3. The van der Waals surface area contributed by atoms with Crippen LogP contribution in [0.1, 0.15) is 52.9 Å². The Hall–Kier alpha value is -0.380. The Kier molecular flexibility index (Phi) is 11.2. The van der Waals surface area contributed by atoms with Gasteiger partial charge in [-0.1, -0.05) is 33.6 Å². The smallest absolute Gasteiger partial charge is 0.341 e. The predicted octanol–water partition coefficient (Wildman–Crippen LogP) is 3.77. The summed E-state index contributed by atoms with van der Waals surface area (Å²) >= 11 is 0. The van der Waals surface area contributed by atoms with Crippen LogP contribution in [0.25, 0.3) is 0 Å². The molecule has 0 aliphatic carbocycles. The highest BCUT2D eigenvalue weighted by atomic mass is 31.2. The third kappa shape index (κ3) is 10.1. The zero-order chi connectivity index (χ0) is 14.6. The first kappa shape index (κ1) is 18.6. The van der Waals surface area contributed by atoms with E-state index in [2.05, 4.69) is 0 Å². The van der Waals surface area contributed by atoms with Crippen LogP contribution in [-0.4, -0.2) is 32.0 Å². The van der Waals surface area contributed by atoms with E-state index in [-0.39, 0.29) is 6.16 Å². The number of hydrogen-bond acceptors (Lipinski definition) is 5. The fraction of sp³-hybridized carbons (Fsp3) is 0.923. The van der Waals surface area contributed by atoms with Crippen molar-refractivity contribution in [1.82, 2.24) is 0 Å².